The van der Waals surface area contributed by atoms with Crippen molar-refractivity contribution in [2.45, 2.75) is 20.3 Å². The van der Waals surface area contributed by atoms with Crippen LogP contribution in [0.5, 0.6) is 5.88 Å². The van der Waals surface area contributed by atoms with Crippen LogP contribution in [0.1, 0.15) is 19.0 Å². The van der Waals surface area contributed by atoms with Gasteiger partial charge in [-0.3, -0.25) is 0 Å². The maximum Gasteiger partial charge on any atom is 0.255 e. The van der Waals surface area contributed by atoms with Gasteiger partial charge in [-0.25, -0.2) is 9.97 Å². The number of nitrogens with zero attached hydrogens (tertiary/aromatic N) is 5. The molecule has 0 radical (unpaired) electrons. The molecule has 2 N–H and O–H groups in total. The Bertz CT molecular complexity index is 509. The Morgan fingerprint density at radius 1 is 1.41 bits per heavy atom. The highest BCUT2D eigenvalue weighted by atomic mass is 16.5. The maximum atomic E-state index is 5.46. The van der Waals surface area contributed by atoms with Crippen LogP contribution in [0.4, 0.5) is 5.95 Å². The van der Waals surface area contributed by atoms with Crippen LogP contribution in [-0.2, 0) is 0 Å². The molecule has 0 aromatic carbocycles. The van der Waals surface area contributed by atoms with Crippen molar-refractivity contribution in [2.24, 2.45) is 0 Å². The molecule has 0 aliphatic rings. The third-order valence-electron chi connectivity index (χ3n) is 1.99. The number of ether oxygens (including phenoxy) is 1. The fourth-order valence-electron chi connectivity index (χ4n) is 1.28. The Hall–Kier alpha value is -2.18. The van der Waals surface area contributed by atoms with E-state index in [9.17, 15) is 0 Å². The van der Waals surface area contributed by atoms with Crippen LogP contribution in [0, 0.1) is 6.92 Å². The smallest absolute Gasteiger partial charge is 0.255 e. The first-order chi connectivity index (χ1) is 8.19. The van der Waals surface area contributed by atoms with Crippen molar-refractivity contribution in [3.8, 4) is 11.8 Å². The van der Waals surface area contributed by atoms with Gasteiger partial charge in [-0.2, -0.15) is 9.67 Å². The maximum absolute atomic E-state index is 5.46. The molecule has 0 atom stereocenters. The first-order valence-corrected chi connectivity index (χ1v) is 5.35. The number of aryl methyl sites for hydroxylation is 1. The quantitative estimate of drug-likeness (QED) is 0.838. The molecule has 0 bridgehead atoms. The van der Waals surface area contributed by atoms with Gasteiger partial charge in [0.25, 0.3) is 5.95 Å². The van der Waals surface area contributed by atoms with E-state index in [4.69, 9.17) is 10.5 Å². The van der Waals surface area contributed by atoms with Crippen LogP contribution < -0.4 is 10.5 Å². The van der Waals surface area contributed by atoms with E-state index in [1.165, 1.54) is 11.0 Å². The van der Waals surface area contributed by atoms with Gasteiger partial charge < -0.3 is 10.5 Å². The largest absolute Gasteiger partial charge is 0.478 e. The highest BCUT2D eigenvalue weighted by molar-refractivity contribution is 5.23. The van der Waals surface area contributed by atoms with Crippen molar-refractivity contribution >= 4 is 5.95 Å². The topological polar surface area (TPSA) is 91.7 Å². The molecule has 0 amide bonds. The van der Waals surface area contributed by atoms with Crippen LogP contribution >= 0.6 is 0 Å². The molecule has 2 heterocycles. The molecule has 0 spiro atoms. The molecule has 0 aliphatic heterocycles. The molecular weight excluding hydrogens is 220 g/mol. The predicted molar refractivity (Wildman–Crippen MR) is 61.9 cm³/mol. The summed E-state index contributed by atoms with van der Waals surface area (Å²) < 4.78 is 6.88. The van der Waals surface area contributed by atoms with Gasteiger partial charge in [0.2, 0.25) is 11.8 Å². The van der Waals surface area contributed by atoms with E-state index in [-0.39, 0.29) is 5.95 Å². The van der Waals surface area contributed by atoms with E-state index in [1.807, 2.05) is 13.8 Å². The summed E-state index contributed by atoms with van der Waals surface area (Å²) in [6.07, 6.45) is 2.39. The van der Waals surface area contributed by atoms with Crippen LogP contribution in [-0.4, -0.2) is 31.3 Å². The van der Waals surface area contributed by atoms with Gasteiger partial charge in [0.05, 0.1) is 6.61 Å². The highest BCUT2D eigenvalue weighted by Crippen LogP contribution is 2.11. The van der Waals surface area contributed by atoms with Gasteiger partial charge >= 0.3 is 0 Å². The second kappa shape index (κ2) is 4.77. The van der Waals surface area contributed by atoms with E-state index in [0.717, 1.165) is 12.1 Å². The molecule has 0 unspecified atom stereocenters. The number of hydrogen-bond acceptors (Lipinski definition) is 6. The second-order valence-electron chi connectivity index (χ2n) is 3.54. The molecule has 17 heavy (non-hydrogen) atoms. The highest BCUT2D eigenvalue weighted by Gasteiger charge is 2.06. The first kappa shape index (κ1) is 11.3. The van der Waals surface area contributed by atoms with E-state index in [1.54, 1.807) is 6.07 Å². The summed E-state index contributed by atoms with van der Waals surface area (Å²) in [5, 5.41) is 3.95. The van der Waals surface area contributed by atoms with Crippen molar-refractivity contribution in [2.75, 3.05) is 12.3 Å². The van der Waals surface area contributed by atoms with Gasteiger partial charge in [0.1, 0.15) is 6.33 Å². The second-order valence-corrected chi connectivity index (χ2v) is 3.54. The number of nitrogen functional groups attached to an aromatic ring is 1. The van der Waals surface area contributed by atoms with Crippen molar-refractivity contribution in [3.05, 3.63) is 18.1 Å². The van der Waals surface area contributed by atoms with Crippen molar-refractivity contribution < 1.29 is 4.74 Å². The Morgan fingerprint density at radius 3 is 2.88 bits per heavy atom. The van der Waals surface area contributed by atoms with Gasteiger partial charge in [-0.05, 0) is 13.3 Å². The first-order valence-electron chi connectivity index (χ1n) is 5.35. The normalized spacial score (nSPS) is 10.5. The molecule has 7 heteroatoms. The molecule has 0 aliphatic carbocycles. The number of nitrogens with two attached hydrogens (primary N) is 1. The number of hydrogen-bond donors (Lipinski definition) is 1. The number of aromatic nitrogens is 5. The molecule has 7 nitrogen and oxygen atoms in total. The molecule has 0 fully saturated rings. The molecule has 90 valence electrons. The summed E-state index contributed by atoms with van der Waals surface area (Å²) in [6, 6.07) is 1.78. The molecule has 0 saturated carbocycles. The predicted octanol–water partition coefficient (Wildman–Crippen LogP) is 0.737. The van der Waals surface area contributed by atoms with Crippen molar-refractivity contribution in [1.29, 1.82) is 0 Å². The summed E-state index contributed by atoms with van der Waals surface area (Å²) in [4.78, 5) is 12.3. The van der Waals surface area contributed by atoms with E-state index in [2.05, 4.69) is 20.1 Å². The summed E-state index contributed by atoms with van der Waals surface area (Å²) >= 11 is 0. The lowest BCUT2D eigenvalue weighted by Crippen LogP contribution is -2.06. The Balaban J connectivity index is 2.31. The Morgan fingerprint density at radius 2 is 2.24 bits per heavy atom. The average molecular weight is 234 g/mol. The van der Waals surface area contributed by atoms with E-state index >= 15 is 0 Å². The molecule has 2 aromatic rings. The minimum Gasteiger partial charge on any atom is -0.478 e. The summed E-state index contributed by atoms with van der Waals surface area (Å²) in [5.41, 5.74) is 6.24. The van der Waals surface area contributed by atoms with Crippen LogP contribution in [0.15, 0.2) is 12.4 Å². The summed E-state index contributed by atoms with van der Waals surface area (Å²) in [6.45, 7) is 4.52. The van der Waals surface area contributed by atoms with Crippen molar-refractivity contribution in [1.82, 2.24) is 24.7 Å². The third kappa shape index (κ3) is 2.68. The lowest BCUT2D eigenvalue weighted by molar-refractivity contribution is 0.304. The Labute approximate surface area is 98.7 Å². The van der Waals surface area contributed by atoms with Crippen molar-refractivity contribution in [3.63, 3.8) is 0 Å². The van der Waals surface area contributed by atoms with Crippen LogP contribution in [0.25, 0.3) is 5.95 Å². The molecule has 2 rings (SSSR count). The zero-order valence-electron chi connectivity index (χ0n) is 9.79. The Kier molecular flexibility index (Phi) is 3.17. The fourth-order valence-corrected chi connectivity index (χ4v) is 1.28. The van der Waals surface area contributed by atoms with E-state index in [0.29, 0.717) is 18.4 Å². The zero-order chi connectivity index (χ0) is 12.3. The number of rotatable bonds is 4. The molecule has 2 aromatic heterocycles. The monoisotopic (exact) mass is 234 g/mol. The van der Waals surface area contributed by atoms with E-state index < -0.39 is 0 Å². The lowest BCUT2D eigenvalue weighted by atomic mass is 10.4. The average Bonchev–Trinajstić information content (AvgIpc) is 2.72. The number of anilines is 1. The molecule has 0 saturated heterocycles. The van der Waals surface area contributed by atoms with Gasteiger partial charge in [-0.15, -0.1) is 5.10 Å². The fraction of sp³-hybridized carbons (Fsp3) is 0.400. The van der Waals surface area contributed by atoms with Gasteiger partial charge in [0, 0.05) is 11.8 Å². The minimum absolute atomic E-state index is 0.186. The van der Waals surface area contributed by atoms with Crippen LogP contribution in [0.2, 0.25) is 0 Å². The SMILES string of the molecule is CCCOc1cc(C)nc(-n2cnc(N)n2)n1. The summed E-state index contributed by atoms with van der Waals surface area (Å²) in [7, 11) is 0. The lowest BCUT2D eigenvalue weighted by Gasteiger charge is -2.06. The molecular formula is C10H14N6O. The van der Waals surface area contributed by atoms with Gasteiger partial charge in [0.15, 0.2) is 0 Å². The third-order valence-corrected chi connectivity index (χ3v) is 1.99. The summed E-state index contributed by atoms with van der Waals surface area (Å²) in [5.74, 6) is 1.12. The van der Waals surface area contributed by atoms with Gasteiger partial charge in [-0.1, -0.05) is 6.92 Å². The minimum atomic E-state index is 0.186. The van der Waals surface area contributed by atoms with Crippen LogP contribution in [0.3, 0.4) is 0 Å². The zero-order valence-corrected chi connectivity index (χ0v) is 9.79. The standard InChI is InChI=1S/C10H14N6O/c1-3-4-17-8-5-7(2)13-10(14-8)16-6-12-9(11)15-16/h5-6H,3-4H2,1-2H3,(H2,11,15).